The van der Waals surface area contributed by atoms with Crippen LogP contribution in [0, 0.1) is 0 Å². The molecular formula is C30H42O4Si. The maximum Gasteiger partial charge on any atom is 0.333 e. The SMILES string of the molecule is CCOC(=O)/C(C)=C/C=C/C[C@H](CCCO[Si](c1ccccc1)(c1ccccc1)C(C)(C)C)OC. The van der Waals surface area contributed by atoms with Gasteiger partial charge in [0.25, 0.3) is 8.32 Å². The van der Waals surface area contributed by atoms with Crippen LogP contribution in [-0.2, 0) is 18.7 Å². The van der Waals surface area contributed by atoms with Gasteiger partial charge < -0.3 is 13.9 Å². The van der Waals surface area contributed by atoms with Crippen LogP contribution < -0.4 is 10.4 Å². The summed E-state index contributed by atoms with van der Waals surface area (Å²) in [4.78, 5) is 11.7. The molecule has 2 rings (SSSR count). The van der Waals surface area contributed by atoms with Crippen LogP contribution in [0.15, 0.2) is 84.5 Å². The summed E-state index contributed by atoms with van der Waals surface area (Å²) in [6, 6.07) is 21.5. The topological polar surface area (TPSA) is 44.8 Å². The highest BCUT2D eigenvalue weighted by molar-refractivity contribution is 6.99. The first-order valence-corrected chi connectivity index (χ1v) is 14.5. The summed E-state index contributed by atoms with van der Waals surface area (Å²) in [5.74, 6) is -0.277. The standard InChI is InChI=1S/C30H42O4Si/c1-7-33-29(31)25(2)17-14-15-18-26(32-6)19-16-24-34-35(30(3,4)5,27-20-10-8-11-21-27)28-22-12-9-13-23-28/h8-15,17,20-23,26H,7,16,18-19,24H2,1-6H3/b15-14+,25-17+/t26-/m1/s1. The minimum absolute atomic E-state index is 0.0256. The number of carbonyl (C=O) groups is 1. The van der Waals surface area contributed by atoms with Crippen molar-refractivity contribution in [2.24, 2.45) is 0 Å². The van der Waals surface area contributed by atoms with Gasteiger partial charge in [-0.15, -0.1) is 0 Å². The Morgan fingerprint density at radius 2 is 1.57 bits per heavy atom. The molecule has 2 aromatic carbocycles. The molecule has 5 heteroatoms. The van der Waals surface area contributed by atoms with Gasteiger partial charge in [0.1, 0.15) is 0 Å². The third-order valence-corrected chi connectivity index (χ3v) is 11.3. The molecule has 190 valence electrons. The summed E-state index contributed by atoms with van der Waals surface area (Å²) in [6.45, 7) is 11.5. The van der Waals surface area contributed by atoms with E-state index in [1.54, 1.807) is 20.1 Å². The molecule has 1 atom stereocenters. The van der Waals surface area contributed by atoms with Crippen molar-refractivity contribution in [2.45, 2.75) is 65.0 Å². The van der Waals surface area contributed by atoms with Gasteiger partial charge in [-0.2, -0.15) is 0 Å². The van der Waals surface area contributed by atoms with Crippen LogP contribution in [0.5, 0.6) is 0 Å². The molecule has 0 aliphatic rings. The summed E-state index contributed by atoms with van der Waals surface area (Å²) in [5.41, 5.74) is 0.593. The largest absolute Gasteiger partial charge is 0.463 e. The number of carbonyl (C=O) groups excluding carboxylic acids is 1. The molecule has 0 aliphatic heterocycles. The van der Waals surface area contributed by atoms with Crippen molar-refractivity contribution in [3.8, 4) is 0 Å². The molecule has 0 bridgehead atoms. The Kier molecular flexibility index (Phi) is 11.6. The predicted octanol–water partition coefficient (Wildman–Crippen LogP) is 5.81. The first kappa shape index (κ1) is 28.8. The summed E-state index contributed by atoms with van der Waals surface area (Å²) in [6.07, 6.45) is 8.43. The fraction of sp³-hybridized carbons (Fsp3) is 0.433. The summed E-state index contributed by atoms with van der Waals surface area (Å²) >= 11 is 0. The third kappa shape index (κ3) is 8.02. The van der Waals surface area contributed by atoms with Crippen molar-refractivity contribution in [1.82, 2.24) is 0 Å². The number of hydrogen-bond acceptors (Lipinski definition) is 4. The van der Waals surface area contributed by atoms with E-state index < -0.39 is 8.32 Å². The number of esters is 1. The van der Waals surface area contributed by atoms with Gasteiger partial charge in [0.2, 0.25) is 0 Å². The number of allylic oxidation sites excluding steroid dienone is 2. The van der Waals surface area contributed by atoms with Crippen molar-refractivity contribution in [3.05, 3.63) is 84.5 Å². The average molecular weight is 495 g/mol. The molecule has 0 aliphatic carbocycles. The molecule has 0 radical (unpaired) electrons. The van der Waals surface area contributed by atoms with E-state index in [0.29, 0.717) is 18.8 Å². The van der Waals surface area contributed by atoms with E-state index in [0.717, 1.165) is 19.3 Å². The van der Waals surface area contributed by atoms with Crippen LogP contribution in [0.4, 0.5) is 0 Å². The number of ether oxygens (including phenoxy) is 2. The van der Waals surface area contributed by atoms with Crippen LogP contribution in [-0.4, -0.2) is 40.7 Å². The van der Waals surface area contributed by atoms with Gasteiger partial charge in [0, 0.05) is 19.3 Å². The van der Waals surface area contributed by atoms with Crippen molar-refractivity contribution < 1.29 is 18.7 Å². The Balaban J connectivity index is 2.06. The zero-order valence-corrected chi connectivity index (χ0v) is 23.3. The number of rotatable bonds is 13. The highest BCUT2D eigenvalue weighted by Gasteiger charge is 2.49. The van der Waals surface area contributed by atoms with E-state index in [9.17, 15) is 4.79 Å². The lowest BCUT2D eigenvalue weighted by Gasteiger charge is -2.43. The molecule has 0 spiro atoms. The smallest absolute Gasteiger partial charge is 0.333 e. The zero-order valence-electron chi connectivity index (χ0n) is 22.3. The van der Waals surface area contributed by atoms with Crippen molar-refractivity contribution in [2.75, 3.05) is 20.3 Å². The zero-order chi connectivity index (χ0) is 25.7. The van der Waals surface area contributed by atoms with Crippen molar-refractivity contribution >= 4 is 24.7 Å². The first-order valence-electron chi connectivity index (χ1n) is 12.5. The predicted molar refractivity (Wildman–Crippen MR) is 148 cm³/mol. The fourth-order valence-corrected chi connectivity index (χ4v) is 8.99. The Morgan fingerprint density at radius 3 is 2.06 bits per heavy atom. The van der Waals surface area contributed by atoms with E-state index >= 15 is 0 Å². The number of methoxy groups -OCH3 is 1. The van der Waals surface area contributed by atoms with Crippen LogP contribution >= 0.6 is 0 Å². The van der Waals surface area contributed by atoms with Gasteiger partial charge >= 0.3 is 5.97 Å². The van der Waals surface area contributed by atoms with Gasteiger partial charge in [-0.1, -0.05) is 99.7 Å². The minimum atomic E-state index is -2.50. The second-order valence-electron chi connectivity index (χ2n) is 9.75. The minimum Gasteiger partial charge on any atom is -0.463 e. The van der Waals surface area contributed by atoms with Crippen molar-refractivity contribution in [3.63, 3.8) is 0 Å². The van der Waals surface area contributed by atoms with E-state index in [-0.39, 0.29) is 17.1 Å². The third-order valence-electron chi connectivity index (χ3n) is 6.22. The second kappa shape index (κ2) is 14.2. The molecule has 0 fully saturated rings. The van der Waals surface area contributed by atoms with E-state index in [1.165, 1.54) is 10.4 Å². The second-order valence-corrected chi connectivity index (χ2v) is 14.1. The van der Waals surface area contributed by atoms with Crippen LogP contribution in [0.1, 0.15) is 53.9 Å². The molecule has 35 heavy (non-hydrogen) atoms. The molecule has 4 nitrogen and oxygen atoms in total. The van der Waals surface area contributed by atoms with Crippen LogP contribution in [0.3, 0.4) is 0 Å². The first-order chi connectivity index (χ1) is 16.8. The molecule has 0 amide bonds. The average Bonchev–Trinajstić information content (AvgIpc) is 2.85. The molecule has 0 unspecified atom stereocenters. The van der Waals surface area contributed by atoms with Gasteiger partial charge in [0.05, 0.1) is 12.7 Å². The Labute approximate surface area is 213 Å². The van der Waals surface area contributed by atoms with Gasteiger partial charge in [-0.25, -0.2) is 4.79 Å². The Bertz CT molecular complexity index is 906. The molecule has 0 saturated heterocycles. The highest BCUT2D eigenvalue weighted by Crippen LogP contribution is 2.36. The van der Waals surface area contributed by atoms with Crippen LogP contribution in [0.2, 0.25) is 5.04 Å². The molecule has 0 heterocycles. The number of benzene rings is 2. The lowest BCUT2D eigenvalue weighted by molar-refractivity contribution is -0.138. The normalized spacial score (nSPS) is 13.7. The van der Waals surface area contributed by atoms with E-state index in [2.05, 4.69) is 81.4 Å². The highest BCUT2D eigenvalue weighted by atomic mass is 28.4. The monoisotopic (exact) mass is 494 g/mol. The summed E-state index contributed by atoms with van der Waals surface area (Å²) in [5, 5.41) is 2.57. The van der Waals surface area contributed by atoms with Gasteiger partial charge in [-0.3, -0.25) is 0 Å². The lowest BCUT2D eigenvalue weighted by Crippen LogP contribution is -2.66. The van der Waals surface area contributed by atoms with E-state index in [4.69, 9.17) is 13.9 Å². The fourth-order valence-electron chi connectivity index (χ4n) is 4.39. The summed E-state index contributed by atoms with van der Waals surface area (Å²) in [7, 11) is -0.748. The Hall–Kier alpha value is -2.47. The molecular weight excluding hydrogens is 452 g/mol. The summed E-state index contributed by atoms with van der Waals surface area (Å²) < 4.78 is 17.7. The van der Waals surface area contributed by atoms with E-state index in [1.807, 2.05) is 19.1 Å². The maximum absolute atomic E-state index is 11.7. The Morgan fingerprint density at radius 1 is 1.00 bits per heavy atom. The van der Waals surface area contributed by atoms with Crippen LogP contribution in [0.25, 0.3) is 0 Å². The van der Waals surface area contributed by atoms with Gasteiger partial charge in [-0.05, 0) is 48.5 Å². The number of hydrogen-bond donors (Lipinski definition) is 0. The van der Waals surface area contributed by atoms with Gasteiger partial charge in [0.15, 0.2) is 0 Å². The van der Waals surface area contributed by atoms with Crippen molar-refractivity contribution in [1.29, 1.82) is 0 Å². The molecule has 2 aromatic rings. The molecule has 0 N–H and O–H groups in total. The lowest BCUT2D eigenvalue weighted by atomic mass is 10.1. The maximum atomic E-state index is 11.7. The molecule has 0 aromatic heterocycles. The molecule has 0 saturated carbocycles. The quantitative estimate of drug-likeness (QED) is 0.116.